The zero-order valence-electron chi connectivity index (χ0n) is 15.3. The van der Waals surface area contributed by atoms with Gasteiger partial charge < -0.3 is 5.73 Å². The molecule has 5 nitrogen and oxygen atoms in total. The van der Waals surface area contributed by atoms with Crippen LogP contribution >= 0.6 is 0 Å². The van der Waals surface area contributed by atoms with Crippen LogP contribution in [0.4, 0.5) is 14.5 Å². The van der Waals surface area contributed by atoms with Gasteiger partial charge in [0.05, 0.1) is 32.6 Å². The highest BCUT2D eigenvalue weighted by Crippen LogP contribution is 2.38. The number of nitrogens with two attached hydrogens (primary N) is 1. The number of hydrogen-bond donors (Lipinski definition) is 1. The lowest BCUT2D eigenvalue weighted by Crippen LogP contribution is -2.07. The van der Waals surface area contributed by atoms with Gasteiger partial charge in [-0.05, 0) is 42.0 Å². The first kappa shape index (κ1) is 19.5. The molecule has 4 aromatic rings. The summed E-state index contributed by atoms with van der Waals surface area (Å²) in [7, 11) is -4.28. The molecule has 0 aliphatic heterocycles. The molecule has 4 rings (SSSR count). The Hall–Kier alpha value is -3.83. The van der Waals surface area contributed by atoms with Crippen LogP contribution in [0.3, 0.4) is 0 Å². The Bertz CT molecular complexity index is 1440. The van der Waals surface area contributed by atoms with E-state index in [2.05, 4.69) is 4.98 Å². The molecular weight excluding hydrogens is 408 g/mol. The van der Waals surface area contributed by atoms with Crippen molar-refractivity contribution in [1.29, 1.82) is 5.26 Å². The van der Waals surface area contributed by atoms with E-state index in [-0.39, 0.29) is 20.9 Å². The van der Waals surface area contributed by atoms with Crippen LogP contribution in [0.25, 0.3) is 22.0 Å². The molecule has 0 bridgehead atoms. The fourth-order valence-electron chi connectivity index (χ4n) is 3.26. The van der Waals surface area contributed by atoms with Crippen LogP contribution in [0, 0.1) is 23.0 Å². The van der Waals surface area contributed by atoms with E-state index in [0.717, 1.165) is 24.4 Å². The zero-order chi connectivity index (χ0) is 21.5. The minimum Gasteiger partial charge on any atom is -0.397 e. The van der Waals surface area contributed by atoms with Gasteiger partial charge in [0.1, 0.15) is 11.6 Å². The third-order valence-corrected chi connectivity index (χ3v) is 6.37. The largest absolute Gasteiger partial charge is 0.397 e. The van der Waals surface area contributed by atoms with Crippen LogP contribution in [0.2, 0.25) is 0 Å². The minimum atomic E-state index is -4.28. The number of nitriles is 1. The summed E-state index contributed by atoms with van der Waals surface area (Å²) in [6.07, 6.45) is 1.14. The molecule has 1 aromatic heterocycles. The maximum absolute atomic E-state index is 13.9. The van der Waals surface area contributed by atoms with E-state index in [1.165, 1.54) is 24.3 Å². The number of sulfone groups is 1. The van der Waals surface area contributed by atoms with E-state index in [1.807, 2.05) is 0 Å². The predicted octanol–water partition coefficient (Wildman–Crippen LogP) is 4.47. The van der Waals surface area contributed by atoms with Crippen LogP contribution in [0.1, 0.15) is 5.56 Å². The first-order valence-electron chi connectivity index (χ1n) is 8.70. The van der Waals surface area contributed by atoms with Crippen molar-refractivity contribution in [1.82, 2.24) is 4.98 Å². The smallest absolute Gasteiger partial charge is 0.208 e. The first-order chi connectivity index (χ1) is 14.3. The Balaban J connectivity index is 2.09. The second kappa shape index (κ2) is 7.21. The molecule has 0 saturated carbocycles. The Morgan fingerprint density at radius 1 is 0.967 bits per heavy atom. The van der Waals surface area contributed by atoms with E-state index >= 15 is 0 Å². The number of aromatic nitrogens is 1. The number of halogens is 2. The molecule has 0 saturated heterocycles. The van der Waals surface area contributed by atoms with E-state index in [9.17, 15) is 17.2 Å². The molecule has 0 aliphatic carbocycles. The van der Waals surface area contributed by atoms with Crippen molar-refractivity contribution < 1.29 is 17.2 Å². The van der Waals surface area contributed by atoms with E-state index < -0.39 is 21.5 Å². The molecule has 30 heavy (non-hydrogen) atoms. The van der Waals surface area contributed by atoms with Crippen molar-refractivity contribution in [3.63, 3.8) is 0 Å². The summed E-state index contributed by atoms with van der Waals surface area (Å²) in [5.41, 5.74) is 7.28. The summed E-state index contributed by atoms with van der Waals surface area (Å²) in [6, 6.07) is 14.9. The predicted molar refractivity (Wildman–Crippen MR) is 108 cm³/mol. The topological polar surface area (TPSA) is 96.8 Å². The van der Waals surface area contributed by atoms with Gasteiger partial charge in [-0.3, -0.25) is 4.98 Å². The van der Waals surface area contributed by atoms with Gasteiger partial charge in [0.25, 0.3) is 0 Å². The molecule has 0 unspecified atom stereocenters. The van der Waals surface area contributed by atoms with Crippen molar-refractivity contribution >= 4 is 26.4 Å². The van der Waals surface area contributed by atoms with Crippen LogP contribution < -0.4 is 5.73 Å². The maximum atomic E-state index is 13.9. The molecule has 0 amide bonds. The monoisotopic (exact) mass is 421 g/mol. The zero-order valence-corrected chi connectivity index (χ0v) is 16.1. The number of benzene rings is 3. The third-order valence-electron chi connectivity index (χ3n) is 4.63. The lowest BCUT2D eigenvalue weighted by molar-refractivity contribution is 0.590. The number of nitrogen functional groups attached to an aromatic ring is 1. The van der Waals surface area contributed by atoms with Crippen molar-refractivity contribution in [2.24, 2.45) is 0 Å². The number of rotatable bonds is 3. The van der Waals surface area contributed by atoms with Crippen LogP contribution in [-0.2, 0) is 9.84 Å². The molecule has 2 N–H and O–H groups in total. The quantitative estimate of drug-likeness (QED) is 0.493. The van der Waals surface area contributed by atoms with Crippen molar-refractivity contribution in [2.45, 2.75) is 9.79 Å². The van der Waals surface area contributed by atoms with Gasteiger partial charge in [-0.2, -0.15) is 5.26 Å². The van der Waals surface area contributed by atoms with Gasteiger partial charge in [0, 0.05) is 17.1 Å². The molecule has 0 atom stereocenters. The van der Waals surface area contributed by atoms with Gasteiger partial charge in [0.2, 0.25) is 9.84 Å². The summed E-state index contributed by atoms with van der Waals surface area (Å²) in [6.45, 7) is 0. The number of pyridine rings is 1. The Labute approximate surface area is 171 Å². The van der Waals surface area contributed by atoms with E-state index in [0.29, 0.717) is 22.2 Å². The van der Waals surface area contributed by atoms with Gasteiger partial charge in [-0.25, -0.2) is 17.2 Å². The Morgan fingerprint density at radius 2 is 1.70 bits per heavy atom. The summed E-state index contributed by atoms with van der Waals surface area (Å²) < 4.78 is 54.3. The second-order valence-electron chi connectivity index (χ2n) is 6.54. The third kappa shape index (κ3) is 3.25. The van der Waals surface area contributed by atoms with E-state index in [4.69, 9.17) is 11.0 Å². The van der Waals surface area contributed by atoms with Crippen molar-refractivity contribution in [3.05, 3.63) is 84.1 Å². The molecule has 1 heterocycles. The summed E-state index contributed by atoms with van der Waals surface area (Å²) in [5.74, 6) is -1.33. The molecule has 0 radical (unpaired) electrons. The average Bonchev–Trinajstić information content (AvgIpc) is 2.73. The van der Waals surface area contributed by atoms with Gasteiger partial charge in [-0.1, -0.05) is 24.3 Å². The fraction of sp³-hybridized carbons (Fsp3) is 0. The van der Waals surface area contributed by atoms with Gasteiger partial charge in [0.15, 0.2) is 0 Å². The van der Waals surface area contributed by atoms with Crippen LogP contribution in [0.15, 0.2) is 76.7 Å². The molecule has 8 heteroatoms. The first-order valence-corrected chi connectivity index (χ1v) is 10.2. The van der Waals surface area contributed by atoms with Crippen molar-refractivity contribution in [3.8, 4) is 17.2 Å². The summed E-state index contributed by atoms with van der Waals surface area (Å²) in [4.78, 5) is 3.62. The number of anilines is 1. The second-order valence-corrected chi connectivity index (χ2v) is 8.46. The van der Waals surface area contributed by atoms with Crippen LogP contribution in [0.5, 0.6) is 0 Å². The number of fused-ring (bicyclic) bond motifs is 1. The normalized spacial score (nSPS) is 11.4. The van der Waals surface area contributed by atoms with Crippen LogP contribution in [-0.4, -0.2) is 13.4 Å². The minimum absolute atomic E-state index is 0.130. The standard InChI is InChI=1S/C22H13F2N3O2S/c23-15-6-4-14(5-7-15)21-18-2-1-3-19(26)22(18)27-12-20(21)30(28,29)17-9-13(11-25)8-16(24)10-17/h1-10,12H,26H2. The lowest BCUT2D eigenvalue weighted by Gasteiger charge is -2.15. The average molecular weight is 421 g/mol. The molecular formula is C22H13F2N3O2S. The van der Waals surface area contributed by atoms with E-state index in [1.54, 1.807) is 24.3 Å². The summed E-state index contributed by atoms with van der Waals surface area (Å²) >= 11 is 0. The Morgan fingerprint density at radius 3 is 2.40 bits per heavy atom. The van der Waals surface area contributed by atoms with Crippen molar-refractivity contribution in [2.75, 3.05) is 5.73 Å². The van der Waals surface area contributed by atoms with Gasteiger partial charge in [-0.15, -0.1) is 0 Å². The lowest BCUT2D eigenvalue weighted by atomic mass is 10.0. The molecule has 0 aliphatic rings. The highest BCUT2D eigenvalue weighted by atomic mass is 32.2. The summed E-state index contributed by atoms with van der Waals surface area (Å²) in [5, 5.41) is 9.52. The number of para-hydroxylation sites is 1. The molecule has 0 fully saturated rings. The number of nitrogens with zero attached hydrogens (tertiary/aromatic N) is 2. The maximum Gasteiger partial charge on any atom is 0.208 e. The highest BCUT2D eigenvalue weighted by molar-refractivity contribution is 7.91. The van der Waals surface area contributed by atoms with Gasteiger partial charge >= 0.3 is 0 Å². The molecule has 3 aromatic carbocycles. The SMILES string of the molecule is N#Cc1cc(F)cc(S(=O)(=O)c2cnc3c(N)cccc3c2-c2ccc(F)cc2)c1. The highest BCUT2D eigenvalue weighted by Gasteiger charge is 2.26. The number of hydrogen-bond acceptors (Lipinski definition) is 5. The fourth-order valence-corrected chi connectivity index (χ4v) is 4.75. The Kier molecular flexibility index (Phi) is 4.68. The molecule has 0 spiro atoms. The molecule has 148 valence electrons.